The molecule has 190 valence electrons. The van der Waals surface area contributed by atoms with Gasteiger partial charge in [0, 0.05) is 11.7 Å². The van der Waals surface area contributed by atoms with Crippen molar-refractivity contribution in [2.24, 2.45) is 0 Å². The third-order valence-corrected chi connectivity index (χ3v) is 7.67. The van der Waals surface area contributed by atoms with E-state index in [0.717, 1.165) is 35.5 Å². The highest BCUT2D eigenvalue weighted by Crippen LogP contribution is 2.33. The molecule has 1 atom stereocenters. The average Bonchev–Trinajstić information content (AvgIpc) is 3.55. The number of fused-ring (bicyclic) bond motifs is 1. The molecule has 0 radical (unpaired) electrons. The van der Waals surface area contributed by atoms with E-state index in [0.29, 0.717) is 28.7 Å². The molecule has 2 aliphatic rings. The number of para-hydroxylation sites is 1. The monoisotopic (exact) mass is 514 g/mol. The summed E-state index contributed by atoms with van der Waals surface area (Å²) >= 11 is 6.47. The van der Waals surface area contributed by atoms with Gasteiger partial charge >= 0.3 is 0 Å². The topological polar surface area (TPSA) is 79.1 Å². The molecule has 4 aromatic rings. The Morgan fingerprint density at radius 1 is 0.946 bits per heavy atom. The first-order valence-corrected chi connectivity index (χ1v) is 13.4. The van der Waals surface area contributed by atoms with E-state index in [4.69, 9.17) is 16.0 Å². The van der Waals surface area contributed by atoms with E-state index in [9.17, 15) is 0 Å². The van der Waals surface area contributed by atoms with Crippen molar-refractivity contribution in [1.29, 1.82) is 0 Å². The molecule has 2 aromatic carbocycles. The second-order valence-electron chi connectivity index (χ2n) is 9.92. The Labute approximate surface area is 222 Å². The van der Waals surface area contributed by atoms with Crippen LogP contribution in [0, 0.1) is 6.92 Å². The van der Waals surface area contributed by atoms with Crippen molar-refractivity contribution in [2.75, 3.05) is 23.7 Å². The standard InChI is InChI=1S/C29H31ClN6O/c1-19-17-31-28(37-19)24-6-2-3-7-26(24)34-27-25(30)18-32-29(35-27)33-22-11-8-20-9-12-23(13-10-21(20)16-22)36-14-4-5-15-36/h2-3,6-8,11,16-18,23H,4-5,9-10,12-15H2,1H3,(H2,32,33,34,35)/t23-/m0/s1. The summed E-state index contributed by atoms with van der Waals surface area (Å²) in [5.41, 5.74) is 5.51. The Morgan fingerprint density at radius 2 is 1.76 bits per heavy atom. The molecule has 0 saturated carbocycles. The zero-order valence-electron chi connectivity index (χ0n) is 21.0. The minimum absolute atomic E-state index is 0.429. The fourth-order valence-corrected chi connectivity index (χ4v) is 5.61. The SMILES string of the molecule is Cc1cnc(-c2ccccc2Nc2nc(Nc3ccc4c(c3)CC[C@@H](N3CCCC3)CC4)ncc2Cl)o1. The summed E-state index contributed by atoms with van der Waals surface area (Å²) in [6, 6.07) is 15.1. The number of aryl methyl sites for hydroxylation is 3. The molecular weight excluding hydrogens is 484 g/mol. The average molecular weight is 515 g/mol. The Hall–Kier alpha value is -3.42. The largest absolute Gasteiger partial charge is 0.441 e. The molecule has 0 unspecified atom stereocenters. The number of aromatic nitrogens is 3. The second kappa shape index (κ2) is 10.5. The van der Waals surface area contributed by atoms with E-state index in [1.807, 2.05) is 31.2 Å². The number of oxazole rings is 1. The minimum Gasteiger partial charge on any atom is -0.441 e. The zero-order valence-corrected chi connectivity index (χ0v) is 21.8. The molecule has 0 spiro atoms. The summed E-state index contributed by atoms with van der Waals surface area (Å²) in [5.74, 6) is 2.29. The van der Waals surface area contributed by atoms with Crippen LogP contribution in [0.4, 0.5) is 23.1 Å². The first kappa shape index (κ1) is 23.9. The van der Waals surface area contributed by atoms with E-state index in [1.54, 1.807) is 12.4 Å². The number of nitrogens with one attached hydrogen (secondary N) is 2. The van der Waals surface area contributed by atoms with Gasteiger partial charge in [0.05, 0.1) is 23.6 Å². The highest BCUT2D eigenvalue weighted by atomic mass is 35.5. The van der Waals surface area contributed by atoms with Crippen molar-refractivity contribution in [3.8, 4) is 11.5 Å². The van der Waals surface area contributed by atoms with Crippen LogP contribution in [-0.2, 0) is 12.8 Å². The summed E-state index contributed by atoms with van der Waals surface area (Å²) in [7, 11) is 0. The lowest BCUT2D eigenvalue weighted by Crippen LogP contribution is -2.32. The third-order valence-electron chi connectivity index (χ3n) is 7.39. The van der Waals surface area contributed by atoms with Gasteiger partial charge in [0.25, 0.3) is 0 Å². The number of anilines is 4. The molecule has 37 heavy (non-hydrogen) atoms. The molecule has 6 rings (SSSR count). The van der Waals surface area contributed by atoms with Gasteiger partial charge in [-0.05, 0) is 93.9 Å². The molecule has 1 saturated heterocycles. The first-order chi connectivity index (χ1) is 18.1. The van der Waals surface area contributed by atoms with Gasteiger partial charge in [-0.2, -0.15) is 4.98 Å². The maximum absolute atomic E-state index is 6.47. The van der Waals surface area contributed by atoms with Crippen molar-refractivity contribution in [2.45, 2.75) is 51.5 Å². The number of hydrogen-bond donors (Lipinski definition) is 2. The summed E-state index contributed by atoms with van der Waals surface area (Å²) < 4.78 is 5.74. The molecule has 1 fully saturated rings. The third kappa shape index (κ3) is 5.33. The molecule has 1 aliphatic heterocycles. The second-order valence-corrected chi connectivity index (χ2v) is 10.3. The maximum Gasteiger partial charge on any atom is 0.229 e. The number of benzene rings is 2. The van der Waals surface area contributed by atoms with Crippen molar-refractivity contribution in [1.82, 2.24) is 19.9 Å². The van der Waals surface area contributed by atoms with E-state index in [1.165, 1.54) is 49.9 Å². The van der Waals surface area contributed by atoms with Crippen molar-refractivity contribution in [3.05, 3.63) is 76.8 Å². The number of nitrogens with zero attached hydrogens (tertiary/aromatic N) is 4. The van der Waals surface area contributed by atoms with Gasteiger partial charge in [0.1, 0.15) is 10.8 Å². The lowest BCUT2D eigenvalue weighted by molar-refractivity contribution is 0.222. The first-order valence-electron chi connectivity index (χ1n) is 13.1. The quantitative estimate of drug-likeness (QED) is 0.270. The number of rotatable bonds is 6. The molecule has 0 bridgehead atoms. The molecule has 1 aliphatic carbocycles. The van der Waals surface area contributed by atoms with E-state index in [2.05, 4.69) is 48.7 Å². The van der Waals surface area contributed by atoms with Gasteiger partial charge in [0.15, 0.2) is 5.82 Å². The fourth-order valence-electron chi connectivity index (χ4n) is 5.47. The van der Waals surface area contributed by atoms with Crippen LogP contribution in [0.1, 0.15) is 42.6 Å². The molecule has 3 heterocycles. The normalized spacial score (nSPS) is 17.8. The van der Waals surface area contributed by atoms with E-state index in [-0.39, 0.29) is 0 Å². The van der Waals surface area contributed by atoms with Crippen LogP contribution in [0.3, 0.4) is 0 Å². The Kier molecular flexibility index (Phi) is 6.81. The molecule has 2 N–H and O–H groups in total. The van der Waals surface area contributed by atoms with E-state index >= 15 is 0 Å². The number of hydrogen-bond acceptors (Lipinski definition) is 7. The van der Waals surface area contributed by atoms with Crippen LogP contribution in [0.5, 0.6) is 0 Å². The molecular formula is C29H31ClN6O. The van der Waals surface area contributed by atoms with Crippen molar-refractivity contribution < 1.29 is 4.42 Å². The van der Waals surface area contributed by atoms with Crippen LogP contribution in [0.25, 0.3) is 11.5 Å². The summed E-state index contributed by atoms with van der Waals surface area (Å²) in [5, 5.41) is 7.15. The molecule has 0 amide bonds. The smallest absolute Gasteiger partial charge is 0.229 e. The lowest BCUT2D eigenvalue weighted by atomic mass is 10.0. The van der Waals surface area contributed by atoms with Gasteiger partial charge in [-0.15, -0.1) is 0 Å². The van der Waals surface area contributed by atoms with Gasteiger partial charge in [0.2, 0.25) is 11.8 Å². The number of halogens is 1. The number of likely N-dealkylation sites (tertiary alicyclic amines) is 1. The predicted molar refractivity (Wildman–Crippen MR) is 148 cm³/mol. The fraction of sp³-hybridized carbons (Fsp3) is 0.345. The van der Waals surface area contributed by atoms with Crippen molar-refractivity contribution in [3.63, 3.8) is 0 Å². The summed E-state index contributed by atoms with van der Waals surface area (Å²) in [6.45, 7) is 4.40. The highest BCUT2D eigenvalue weighted by Gasteiger charge is 2.24. The van der Waals surface area contributed by atoms with Crippen LogP contribution in [-0.4, -0.2) is 39.0 Å². The van der Waals surface area contributed by atoms with Crippen LogP contribution in [0.2, 0.25) is 5.02 Å². The minimum atomic E-state index is 0.429. The maximum atomic E-state index is 6.47. The van der Waals surface area contributed by atoms with Crippen LogP contribution in [0.15, 0.2) is 59.3 Å². The molecule has 7 nitrogen and oxygen atoms in total. The van der Waals surface area contributed by atoms with Gasteiger partial charge in [-0.3, -0.25) is 0 Å². The molecule has 8 heteroatoms. The van der Waals surface area contributed by atoms with Gasteiger partial charge in [-0.25, -0.2) is 9.97 Å². The van der Waals surface area contributed by atoms with Crippen molar-refractivity contribution >= 4 is 34.7 Å². The predicted octanol–water partition coefficient (Wildman–Crippen LogP) is 6.92. The van der Waals surface area contributed by atoms with Gasteiger partial charge in [-0.1, -0.05) is 29.8 Å². The summed E-state index contributed by atoms with van der Waals surface area (Å²) in [6.07, 6.45) is 10.7. The zero-order chi connectivity index (χ0) is 25.2. The lowest BCUT2D eigenvalue weighted by Gasteiger charge is -2.25. The Balaban J connectivity index is 1.19. The Morgan fingerprint density at radius 3 is 2.57 bits per heavy atom. The van der Waals surface area contributed by atoms with E-state index < -0.39 is 0 Å². The molecule has 2 aromatic heterocycles. The summed E-state index contributed by atoms with van der Waals surface area (Å²) in [4.78, 5) is 16.2. The van der Waals surface area contributed by atoms with Gasteiger partial charge < -0.3 is 20.0 Å². The van der Waals surface area contributed by atoms with Crippen LogP contribution >= 0.6 is 11.6 Å². The highest BCUT2D eigenvalue weighted by molar-refractivity contribution is 6.33. The Bertz CT molecular complexity index is 1400. The van der Waals surface area contributed by atoms with Crippen LogP contribution < -0.4 is 10.6 Å².